The summed E-state index contributed by atoms with van der Waals surface area (Å²) in [4.78, 5) is 11.1. The standard InChI is InChI=1S/C14H15BrN2O2/c15-11-4-5-13(10(6-11)7-16)17-8-9-2-1-3-12(9)14(18)19/h4-6,9,12,17H,1-3,8H2,(H,18,19). The average molecular weight is 323 g/mol. The quantitative estimate of drug-likeness (QED) is 0.892. The summed E-state index contributed by atoms with van der Waals surface area (Å²) in [6, 6.07) is 7.60. The van der Waals surface area contributed by atoms with Gasteiger partial charge in [-0.3, -0.25) is 4.79 Å². The van der Waals surface area contributed by atoms with Crippen molar-refractivity contribution in [1.82, 2.24) is 0 Å². The van der Waals surface area contributed by atoms with Crippen molar-refractivity contribution in [2.24, 2.45) is 11.8 Å². The number of carboxylic acids is 1. The molecule has 0 amide bonds. The molecule has 1 saturated carbocycles. The van der Waals surface area contributed by atoms with Crippen LogP contribution < -0.4 is 5.32 Å². The highest BCUT2D eigenvalue weighted by Crippen LogP contribution is 2.32. The number of nitrogens with one attached hydrogen (secondary N) is 1. The molecule has 1 aliphatic rings. The normalized spacial score (nSPS) is 21.9. The van der Waals surface area contributed by atoms with E-state index in [2.05, 4.69) is 27.3 Å². The lowest BCUT2D eigenvalue weighted by Gasteiger charge is -2.17. The molecular formula is C14H15BrN2O2. The molecule has 2 atom stereocenters. The zero-order valence-electron chi connectivity index (χ0n) is 10.4. The van der Waals surface area contributed by atoms with E-state index >= 15 is 0 Å². The Kier molecular flexibility index (Phi) is 4.43. The van der Waals surface area contributed by atoms with Crippen LogP contribution in [0.4, 0.5) is 5.69 Å². The van der Waals surface area contributed by atoms with Crippen LogP contribution in [0.25, 0.3) is 0 Å². The zero-order valence-corrected chi connectivity index (χ0v) is 12.0. The summed E-state index contributed by atoms with van der Waals surface area (Å²) in [6.07, 6.45) is 2.66. The number of carbonyl (C=O) groups is 1. The third kappa shape index (κ3) is 3.27. The molecule has 0 saturated heterocycles. The second-order valence-electron chi connectivity index (χ2n) is 4.82. The highest BCUT2D eigenvalue weighted by molar-refractivity contribution is 9.10. The Balaban J connectivity index is 2.03. The maximum absolute atomic E-state index is 11.1. The first-order chi connectivity index (χ1) is 9.11. The molecule has 0 aromatic heterocycles. The average Bonchev–Trinajstić information content (AvgIpc) is 2.85. The fourth-order valence-electron chi connectivity index (χ4n) is 2.61. The molecule has 0 heterocycles. The molecule has 2 rings (SSSR count). The van der Waals surface area contributed by atoms with Gasteiger partial charge in [0.1, 0.15) is 6.07 Å². The van der Waals surface area contributed by atoms with Crippen molar-refractivity contribution in [3.8, 4) is 6.07 Å². The van der Waals surface area contributed by atoms with E-state index in [4.69, 9.17) is 10.4 Å². The minimum atomic E-state index is -0.708. The predicted octanol–water partition coefficient (Wildman–Crippen LogP) is 3.23. The second kappa shape index (κ2) is 6.07. The molecule has 0 bridgehead atoms. The minimum absolute atomic E-state index is 0.146. The lowest BCUT2D eigenvalue weighted by Crippen LogP contribution is -2.24. The van der Waals surface area contributed by atoms with Gasteiger partial charge in [-0.2, -0.15) is 5.26 Å². The Morgan fingerprint density at radius 1 is 1.53 bits per heavy atom. The highest BCUT2D eigenvalue weighted by atomic mass is 79.9. The van der Waals surface area contributed by atoms with Crippen LogP contribution in [0.2, 0.25) is 0 Å². The van der Waals surface area contributed by atoms with Crippen molar-refractivity contribution in [2.45, 2.75) is 19.3 Å². The van der Waals surface area contributed by atoms with Gasteiger partial charge in [0.25, 0.3) is 0 Å². The number of aliphatic carboxylic acids is 1. The van der Waals surface area contributed by atoms with Crippen LogP contribution in [-0.4, -0.2) is 17.6 Å². The molecule has 0 aliphatic heterocycles. The highest BCUT2D eigenvalue weighted by Gasteiger charge is 2.32. The fraction of sp³-hybridized carbons (Fsp3) is 0.429. The molecule has 1 aromatic rings. The van der Waals surface area contributed by atoms with Crippen molar-refractivity contribution in [1.29, 1.82) is 5.26 Å². The molecule has 1 aliphatic carbocycles. The van der Waals surface area contributed by atoms with Gasteiger partial charge in [0, 0.05) is 11.0 Å². The summed E-state index contributed by atoms with van der Waals surface area (Å²) < 4.78 is 0.860. The lowest BCUT2D eigenvalue weighted by molar-refractivity contribution is -0.142. The topological polar surface area (TPSA) is 73.1 Å². The smallest absolute Gasteiger partial charge is 0.306 e. The van der Waals surface area contributed by atoms with Gasteiger partial charge in [-0.05, 0) is 37.0 Å². The monoisotopic (exact) mass is 322 g/mol. The van der Waals surface area contributed by atoms with Gasteiger partial charge in [-0.15, -0.1) is 0 Å². The predicted molar refractivity (Wildman–Crippen MR) is 75.8 cm³/mol. The third-order valence-electron chi connectivity index (χ3n) is 3.63. The zero-order chi connectivity index (χ0) is 13.8. The molecule has 2 N–H and O–H groups in total. The first-order valence-corrected chi connectivity index (χ1v) is 7.07. The summed E-state index contributed by atoms with van der Waals surface area (Å²) in [6.45, 7) is 0.604. The molecule has 1 aromatic carbocycles. The van der Waals surface area contributed by atoms with Gasteiger partial charge in [0.05, 0.1) is 17.2 Å². The van der Waals surface area contributed by atoms with Gasteiger partial charge in [0.15, 0.2) is 0 Å². The van der Waals surface area contributed by atoms with Crippen LogP contribution in [0.15, 0.2) is 22.7 Å². The molecule has 100 valence electrons. The summed E-state index contributed by atoms with van der Waals surface area (Å²) in [5, 5.41) is 21.4. The maximum Gasteiger partial charge on any atom is 0.306 e. The number of rotatable bonds is 4. The Hall–Kier alpha value is -1.54. The number of halogens is 1. The summed E-state index contributed by atoms with van der Waals surface area (Å²) in [5.41, 5.74) is 1.33. The summed E-state index contributed by atoms with van der Waals surface area (Å²) >= 11 is 3.33. The van der Waals surface area contributed by atoms with E-state index in [0.29, 0.717) is 12.1 Å². The van der Waals surface area contributed by atoms with Crippen LogP contribution in [0.1, 0.15) is 24.8 Å². The Bertz CT molecular complexity index is 525. The molecule has 5 heteroatoms. The van der Waals surface area contributed by atoms with E-state index in [0.717, 1.165) is 29.4 Å². The molecule has 0 spiro atoms. The number of benzene rings is 1. The first kappa shape index (κ1) is 13.9. The van der Waals surface area contributed by atoms with E-state index < -0.39 is 5.97 Å². The maximum atomic E-state index is 11.1. The minimum Gasteiger partial charge on any atom is -0.481 e. The van der Waals surface area contributed by atoms with Crippen molar-refractivity contribution in [2.75, 3.05) is 11.9 Å². The molecule has 0 radical (unpaired) electrons. The van der Waals surface area contributed by atoms with Crippen LogP contribution in [0.3, 0.4) is 0 Å². The van der Waals surface area contributed by atoms with Gasteiger partial charge in [-0.25, -0.2) is 0 Å². The van der Waals surface area contributed by atoms with Gasteiger partial charge in [0.2, 0.25) is 0 Å². The number of hydrogen-bond donors (Lipinski definition) is 2. The van der Waals surface area contributed by atoms with E-state index in [1.807, 2.05) is 12.1 Å². The van der Waals surface area contributed by atoms with Crippen LogP contribution in [0.5, 0.6) is 0 Å². The van der Waals surface area contributed by atoms with E-state index in [1.165, 1.54) is 0 Å². The SMILES string of the molecule is N#Cc1cc(Br)ccc1NCC1CCCC1C(=O)O. The molecule has 4 nitrogen and oxygen atoms in total. The van der Waals surface area contributed by atoms with Crippen LogP contribution in [-0.2, 0) is 4.79 Å². The van der Waals surface area contributed by atoms with Crippen LogP contribution >= 0.6 is 15.9 Å². The number of nitriles is 1. The molecular weight excluding hydrogens is 308 g/mol. The largest absolute Gasteiger partial charge is 0.481 e. The van der Waals surface area contributed by atoms with Gasteiger partial charge in [-0.1, -0.05) is 22.4 Å². The number of nitrogens with zero attached hydrogens (tertiary/aromatic N) is 1. The van der Waals surface area contributed by atoms with E-state index in [-0.39, 0.29) is 11.8 Å². The molecule has 1 fully saturated rings. The lowest BCUT2D eigenvalue weighted by atomic mass is 9.96. The van der Waals surface area contributed by atoms with Crippen molar-refractivity contribution >= 4 is 27.6 Å². The first-order valence-electron chi connectivity index (χ1n) is 6.28. The van der Waals surface area contributed by atoms with Crippen molar-refractivity contribution in [3.63, 3.8) is 0 Å². The third-order valence-corrected chi connectivity index (χ3v) is 4.13. The Labute approximate surface area is 120 Å². The van der Waals surface area contributed by atoms with E-state index in [1.54, 1.807) is 6.07 Å². The van der Waals surface area contributed by atoms with Crippen molar-refractivity contribution in [3.05, 3.63) is 28.2 Å². The Morgan fingerprint density at radius 3 is 3.00 bits per heavy atom. The van der Waals surface area contributed by atoms with Gasteiger partial charge >= 0.3 is 5.97 Å². The summed E-state index contributed by atoms with van der Waals surface area (Å²) in [5.74, 6) is -0.818. The number of carboxylic acid groups (broad SMARTS) is 1. The molecule has 19 heavy (non-hydrogen) atoms. The van der Waals surface area contributed by atoms with Gasteiger partial charge < -0.3 is 10.4 Å². The van der Waals surface area contributed by atoms with Crippen molar-refractivity contribution < 1.29 is 9.90 Å². The fourth-order valence-corrected chi connectivity index (χ4v) is 2.97. The number of hydrogen-bond acceptors (Lipinski definition) is 3. The van der Waals surface area contributed by atoms with E-state index in [9.17, 15) is 4.79 Å². The Morgan fingerprint density at radius 2 is 2.32 bits per heavy atom. The summed E-state index contributed by atoms with van der Waals surface area (Å²) in [7, 11) is 0. The second-order valence-corrected chi connectivity index (χ2v) is 5.73. The molecule has 2 unspecified atom stereocenters. The number of anilines is 1. The van der Waals surface area contributed by atoms with Crippen LogP contribution in [0, 0.1) is 23.2 Å².